The molecule has 0 saturated heterocycles. The average Bonchev–Trinajstić information content (AvgIpc) is 2.38. The number of rotatable bonds is 2. The third kappa shape index (κ3) is 3.02. The molecule has 0 radical (unpaired) electrons. The maximum atomic E-state index is 13.3. The highest BCUT2D eigenvalue weighted by molar-refractivity contribution is 5.37. The van der Waals surface area contributed by atoms with Crippen molar-refractivity contribution in [3.05, 3.63) is 65.0 Å². The Morgan fingerprint density at radius 2 is 1.71 bits per heavy atom. The van der Waals surface area contributed by atoms with Gasteiger partial charge >= 0.3 is 6.18 Å². The molecule has 1 unspecified atom stereocenters. The van der Waals surface area contributed by atoms with Crippen LogP contribution in [0.15, 0.2) is 36.5 Å². The van der Waals surface area contributed by atoms with Crippen molar-refractivity contribution in [2.75, 3.05) is 0 Å². The molecule has 0 amide bonds. The maximum absolute atomic E-state index is 13.3. The molecule has 1 aromatic carbocycles. The summed E-state index contributed by atoms with van der Waals surface area (Å²) in [7, 11) is 0. The van der Waals surface area contributed by atoms with E-state index in [1.165, 1.54) is 13.0 Å². The van der Waals surface area contributed by atoms with Crippen molar-refractivity contribution in [1.29, 1.82) is 0 Å². The number of pyridine rings is 1. The van der Waals surface area contributed by atoms with Crippen molar-refractivity contribution in [3.63, 3.8) is 0 Å². The molecule has 0 spiro atoms. The van der Waals surface area contributed by atoms with Gasteiger partial charge in [-0.05, 0) is 36.8 Å². The summed E-state index contributed by atoms with van der Waals surface area (Å²) in [6.07, 6.45) is -3.92. The van der Waals surface area contributed by atoms with Crippen LogP contribution < -0.4 is 5.73 Å². The molecule has 2 nitrogen and oxygen atoms in total. The second-order valence-electron chi connectivity index (χ2n) is 4.76. The number of nitrogens with two attached hydrogens (primary N) is 1. The van der Waals surface area contributed by atoms with Gasteiger partial charge in [-0.2, -0.15) is 13.2 Å². The van der Waals surface area contributed by atoms with Gasteiger partial charge in [-0.1, -0.05) is 6.07 Å². The van der Waals surface area contributed by atoms with Crippen LogP contribution in [0.1, 0.15) is 23.7 Å². The molecule has 0 bridgehead atoms. The Bertz CT molecular complexity index is 647. The number of hydrogen-bond donors (Lipinski definition) is 1. The lowest BCUT2D eigenvalue weighted by atomic mass is 9.88. The Labute approximate surface area is 117 Å². The average molecular weight is 302 g/mol. The standard InChI is InChI=1S/C14H11F5N2/c1-13(20,12-5-3-9(15)7-21-12)8-2-4-11(16)10(6-8)14(17,18)19/h2-7H,20H2,1H3. The van der Waals surface area contributed by atoms with Gasteiger partial charge in [0, 0.05) is 0 Å². The quantitative estimate of drug-likeness (QED) is 0.861. The second-order valence-corrected chi connectivity index (χ2v) is 4.76. The molecule has 0 aliphatic heterocycles. The van der Waals surface area contributed by atoms with Gasteiger partial charge in [0.1, 0.15) is 11.6 Å². The van der Waals surface area contributed by atoms with E-state index in [4.69, 9.17) is 5.73 Å². The summed E-state index contributed by atoms with van der Waals surface area (Å²) in [6.45, 7) is 1.42. The Balaban J connectivity index is 2.52. The number of aromatic nitrogens is 1. The summed E-state index contributed by atoms with van der Waals surface area (Å²) in [5, 5.41) is 0. The van der Waals surface area contributed by atoms with Crippen LogP contribution in [-0.4, -0.2) is 4.98 Å². The SMILES string of the molecule is CC(N)(c1ccc(F)c(C(F)(F)F)c1)c1ccc(F)cn1. The molecule has 2 aromatic rings. The Hall–Kier alpha value is -2.02. The molecule has 0 aliphatic carbocycles. The summed E-state index contributed by atoms with van der Waals surface area (Å²) in [4.78, 5) is 3.77. The van der Waals surface area contributed by atoms with E-state index in [-0.39, 0.29) is 11.3 Å². The fraction of sp³-hybridized carbons (Fsp3) is 0.214. The zero-order valence-electron chi connectivity index (χ0n) is 10.9. The first kappa shape index (κ1) is 15.4. The van der Waals surface area contributed by atoms with Gasteiger partial charge in [-0.15, -0.1) is 0 Å². The van der Waals surface area contributed by atoms with E-state index in [0.29, 0.717) is 12.1 Å². The monoisotopic (exact) mass is 302 g/mol. The lowest BCUT2D eigenvalue weighted by Gasteiger charge is -2.25. The predicted molar refractivity (Wildman–Crippen MR) is 66.2 cm³/mol. The highest BCUT2D eigenvalue weighted by Crippen LogP contribution is 2.35. The molecular formula is C14H11F5N2. The van der Waals surface area contributed by atoms with Gasteiger partial charge in [0.15, 0.2) is 0 Å². The van der Waals surface area contributed by atoms with Crippen LogP contribution in [0.25, 0.3) is 0 Å². The van der Waals surface area contributed by atoms with Crippen LogP contribution in [0.5, 0.6) is 0 Å². The van der Waals surface area contributed by atoms with Crippen molar-refractivity contribution in [2.45, 2.75) is 18.6 Å². The lowest BCUT2D eigenvalue weighted by Crippen LogP contribution is -2.35. The Morgan fingerprint density at radius 3 is 2.24 bits per heavy atom. The predicted octanol–water partition coefficient (Wildman–Crippen LogP) is 3.60. The van der Waals surface area contributed by atoms with E-state index in [1.807, 2.05) is 0 Å². The number of alkyl halides is 3. The van der Waals surface area contributed by atoms with Crippen LogP contribution in [0.3, 0.4) is 0 Å². The Kier molecular flexibility index (Phi) is 3.71. The maximum Gasteiger partial charge on any atom is 0.419 e. The van der Waals surface area contributed by atoms with Gasteiger partial charge in [-0.3, -0.25) is 4.98 Å². The summed E-state index contributed by atoms with van der Waals surface area (Å²) < 4.78 is 64.3. The molecule has 1 atom stereocenters. The van der Waals surface area contributed by atoms with Crippen LogP contribution in [0.4, 0.5) is 22.0 Å². The lowest BCUT2D eigenvalue weighted by molar-refractivity contribution is -0.140. The zero-order chi connectivity index (χ0) is 15.8. The smallest absolute Gasteiger partial charge is 0.317 e. The van der Waals surface area contributed by atoms with Gasteiger partial charge in [0.2, 0.25) is 0 Å². The minimum atomic E-state index is -4.83. The molecule has 21 heavy (non-hydrogen) atoms. The fourth-order valence-electron chi connectivity index (χ4n) is 1.90. The minimum absolute atomic E-state index is 0.0235. The third-order valence-electron chi connectivity index (χ3n) is 3.13. The van der Waals surface area contributed by atoms with Crippen molar-refractivity contribution in [1.82, 2.24) is 4.98 Å². The largest absolute Gasteiger partial charge is 0.419 e. The number of hydrogen-bond acceptors (Lipinski definition) is 2. The highest BCUT2D eigenvalue weighted by atomic mass is 19.4. The first-order valence-corrected chi connectivity index (χ1v) is 5.90. The fourth-order valence-corrected chi connectivity index (χ4v) is 1.90. The number of halogens is 5. The van der Waals surface area contributed by atoms with E-state index < -0.39 is 28.9 Å². The highest BCUT2D eigenvalue weighted by Gasteiger charge is 2.36. The van der Waals surface area contributed by atoms with Crippen molar-refractivity contribution >= 4 is 0 Å². The third-order valence-corrected chi connectivity index (χ3v) is 3.13. The van der Waals surface area contributed by atoms with Gasteiger partial charge in [-0.25, -0.2) is 8.78 Å². The molecule has 0 aliphatic rings. The zero-order valence-corrected chi connectivity index (χ0v) is 10.9. The molecule has 0 fully saturated rings. The molecule has 0 saturated carbocycles. The second kappa shape index (κ2) is 5.07. The number of benzene rings is 1. The summed E-state index contributed by atoms with van der Waals surface area (Å²) in [6, 6.07) is 4.86. The van der Waals surface area contributed by atoms with E-state index in [2.05, 4.69) is 4.98 Å². The molecule has 2 rings (SSSR count). The van der Waals surface area contributed by atoms with Crippen molar-refractivity contribution in [2.24, 2.45) is 5.73 Å². The van der Waals surface area contributed by atoms with E-state index >= 15 is 0 Å². The number of nitrogens with zero attached hydrogens (tertiary/aromatic N) is 1. The van der Waals surface area contributed by atoms with E-state index in [0.717, 1.165) is 18.3 Å². The molecule has 1 aromatic heterocycles. The van der Waals surface area contributed by atoms with E-state index in [1.54, 1.807) is 0 Å². The first-order chi connectivity index (χ1) is 9.62. The molecule has 2 N–H and O–H groups in total. The van der Waals surface area contributed by atoms with Crippen LogP contribution in [-0.2, 0) is 11.7 Å². The van der Waals surface area contributed by atoms with Gasteiger partial charge in [0.05, 0.1) is 23.0 Å². The molecular weight excluding hydrogens is 291 g/mol. The Morgan fingerprint density at radius 1 is 1.05 bits per heavy atom. The van der Waals surface area contributed by atoms with Gasteiger partial charge < -0.3 is 5.73 Å². The summed E-state index contributed by atoms with van der Waals surface area (Å²) >= 11 is 0. The normalized spacial score (nSPS) is 14.8. The first-order valence-electron chi connectivity index (χ1n) is 5.90. The van der Waals surface area contributed by atoms with Crippen LogP contribution in [0.2, 0.25) is 0 Å². The van der Waals surface area contributed by atoms with Crippen LogP contribution in [0, 0.1) is 11.6 Å². The van der Waals surface area contributed by atoms with Crippen molar-refractivity contribution in [3.8, 4) is 0 Å². The minimum Gasteiger partial charge on any atom is -0.317 e. The molecule has 7 heteroatoms. The van der Waals surface area contributed by atoms with Crippen LogP contribution >= 0.6 is 0 Å². The topological polar surface area (TPSA) is 38.9 Å². The summed E-state index contributed by atoms with van der Waals surface area (Å²) in [5.41, 5.74) is 3.37. The molecule has 1 heterocycles. The molecule has 112 valence electrons. The van der Waals surface area contributed by atoms with Gasteiger partial charge in [0.25, 0.3) is 0 Å². The van der Waals surface area contributed by atoms with Crippen molar-refractivity contribution < 1.29 is 22.0 Å². The van der Waals surface area contributed by atoms with E-state index in [9.17, 15) is 22.0 Å². The summed E-state index contributed by atoms with van der Waals surface area (Å²) in [5.74, 6) is -1.97.